The third kappa shape index (κ3) is 7.78. The lowest BCUT2D eigenvalue weighted by molar-refractivity contribution is -0.141. The molecule has 2 aromatic rings. The van der Waals surface area contributed by atoms with Crippen molar-refractivity contribution in [1.82, 2.24) is 10.2 Å². The molecule has 0 aromatic heterocycles. The molecule has 0 unspecified atom stereocenters. The molecule has 0 saturated heterocycles. The van der Waals surface area contributed by atoms with E-state index in [9.17, 15) is 9.59 Å². The Bertz CT molecular complexity index is 778. The van der Waals surface area contributed by atoms with Gasteiger partial charge in [-0.15, -0.1) is 0 Å². The van der Waals surface area contributed by atoms with E-state index in [0.717, 1.165) is 5.56 Å². The van der Waals surface area contributed by atoms with Gasteiger partial charge in [-0.3, -0.25) is 9.59 Å². The van der Waals surface area contributed by atoms with Crippen LogP contribution in [0.3, 0.4) is 0 Å². The van der Waals surface area contributed by atoms with E-state index in [2.05, 4.69) is 5.32 Å². The maximum Gasteiger partial charge on any atom is 0.242 e. The van der Waals surface area contributed by atoms with Gasteiger partial charge in [0.25, 0.3) is 0 Å². The molecule has 0 aliphatic rings. The fraction of sp³-hybridized carbons (Fsp3) is 0.391. The summed E-state index contributed by atoms with van der Waals surface area (Å²) >= 11 is 5.86. The van der Waals surface area contributed by atoms with E-state index in [4.69, 9.17) is 16.3 Å². The van der Waals surface area contributed by atoms with Crippen LogP contribution in [0.1, 0.15) is 39.2 Å². The van der Waals surface area contributed by atoms with Gasteiger partial charge in [-0.25, -0.2) is 0 Å². The maximum absolute atomic E-state index is 12.9. The van der Waals surface area contributed by atoms with Gasteiger partial charge in [-0.05, 0) is 57.0 Å². The Morgan fingerprint density at radius 2 is 1.69 bits per heavy atom. The number of amides is 2. The van der Waals surface area contributed by atoms with E-state index < -0.39 is 6.04 Å². The van der Waals surface area contributed by atoms with Crippen LogP contribution in [0.15, 0.2) is 54.6 Å². The Labute approximate surface area is 178 Å². The highest BCUT2D eigenvalue weighted by Gasteiger charge is 2.26. The van der Waals surface area contributed by atoms with Crippen molar-refractivity contribution in [3.8, 4) is 5.75 Å². The van der Waals surface area contributed by atoms with Gasteiger partial charge in [-0.1, -0.05) is 41.9 Å². The zero-order valence-corrected chi connectivity index (χ0v) is 18.0. The Morgan fingerprint density at radius 3 is 2.31 bits per heavy atom. The molecule has 6 heteroatoms. The van der Waals surface area contributed by atoms with Crippen LogP contribution >= 0.6 is 11.6 Å². The molecule has 2 aromatic carbocycles. The number of nitrogens with zero attached hydrogens (tertiary/aromatic N) is 1. The minimum Gasteiger partial charge on any atom is -0.494 e. The molecule has 1 N–H and O–H groups in total. The van der Waals surface area contributed by atoms with Crippen LogP contribution < -0.4 is 10.1 Å². The predicted molar refractivity (Wildman–Crippen MR) is 116 cm³/mol. The number of benzene rings is 2. The molecule has 0 spiro atoms. The lowest BCUT2D eigenvalue weighted by Gasteiger charge is -2.29. The van der Waals surface area contributed by atoms with Gasteiger partial charge in [0.1, 0.15) is 11.8 Å². The monoisotopic (exact) mass is 416 g/mol. The summed E-state index contributed by atoms with van der Waals surface area (Å²) in [5.41, 5.74) is 0.988. The van der Waals surface area contributed by atoms with E-state index in [0.29, 0.717) is 36.8 Å². The van der Waals surface area contributed by atoms with Gasteiger partial charge in [-0.2, -0.15) is 0 Å². The Morgan fingerprint density at radius 1 is 1.03 bits per heavy atom. The summed E-state index contributed by atoms with van der Waals surface area (Å²) < 4.78 is 5.66. The van der Waals surface area contributed by atoms with Gasteiger partial charge >= 0.3 is 0 Å². The van der Waals surface area contributed by atoms with Gasteiger partial charge in [0.15, 0.2) is 0 Å². The van der Waals surface area contributed by atoms with Crippen LogP contribution in [0.2, 0.25) is 5.02 Å². The van der Waals surface area contributed by atoms with E-state index in [1.54, 1.807) is 36.1 Å². The van der Waals surface area contributed by atoms with Crippen molar-refractivity contribution in [1.29, 1.82) is 0 Å². The number of rotatable bonds is 10. The lowest BCUT2D eigenvalue weighted by Crippen LogP contribution is -2.49. The minimum atomic E-state index is -0.553. The number of nitrogens with one attached hydrogen (secondary N) is 1. The molecule has 156 valence electrons. The number of carbonyl (C=O) groups excluding carboxylic acids is 2. The van der Waals surface area contributed by atoms with Crippen LogP contribution in [0.4, 0.5) is 0 Å². The second kappa shape index (κ2) is 11.5. The molecule has 0 fully saturated rings. The quantitative estimate of drug-likeness (QED) is 0.582. The number of ether oxygens (including phenoxy) is 1. The summed E-state index contributed by atoms with van der Waals surface area (Å²) in [4.78, 5) is 27.0. The Kier molecular flexibility index (Phi) is 9.00. The van der Waals surface area contributed by atoms with Crippen LogP contribution in [-0.2, 0) is 16.1 Å². The first-order chi connectivity index (χ1) is 13.9. The molecule has 0 aliphatic heterocycles. The highest BCUT2D eigenvalue weighted by Crippen LogP contribution is 2.16. The van der Waals surface area contributed by atoms with E-state index in [1.165, 1.54) is 0 Å². The largest absolute Gasteiger partial charge is 0.494 e. The van der Waals surface area contributed by atoms with Gasteiger partial charge < -0.3 is 15.0 Å². The standard InChI is InChI=1S/C23H29ClN2O3/c1-17(2)25-23(28)18(3)26(16-19-8-5-4-6-9-19)22(27)10-7-15-29-21-13-11-20(24)12-14-21/h4-6,8-9,11-14,17-18H,7,10,15-16H2,1-3H3,(H,25,28)/t18-/m1/s1. The molecule has 0 heterocycles. The molecule has 0 radical (unpaired) electrons. The van der Waals surface area contributed by atoms with Crippen LogP contribution in [-0.4, -0.2) is 35.4 Å². The first-order valence-electron chi connectivity index (χ1n) is 9.89. The van der Waals surface area contributed by atoms with Crippen molar-refractivity contribution in [2.75, 3.05) is 6.61 Å². The molecule has 0 aliphatic carbocycles. The molecule has 0 bridgehead atoms. The fourth-order valence-electron chi connectivity index (χ4n) is 2.86. The number of halogens is 1. The van der Waals surface area contributed by atoms with Crippen LogP contribution in [0.5, 0.6) is 5.75 Å². The van der Waals surface area contributed by atoms with E-state index in [1.807, 2.05) is 44.2 Å². The zero-order chi connectivity index (χ0) is 21.2. The molecule has 1 atom stereocenters. The first kappa shape index (κ1) is 22.8. The Hall–Kier alpha value is -2.53. The summed E-state index contributed by atoms with van der Waals surface area (Å²) in [6.07, 6.45) is 0.866. The normalized spacial score (nSPS) is 11.8. The highest BCUT2D eigenvalue weighted by atomic mass is 35.5. The summed E-state index contributed by atoms with van der Waals surface area (Å²) in [5, 5.41) is 3.54. The molecular formula is C23H29ClN2O3. The average Bonchev–Trinajstić information content (AvgIpc) is 2.70. The second-order valence-electron chi connectivity index (χ2n) is 7.25. The predicted octanol–water partition coefficient (Wildman–Crippen LogP) is 4.44. The minimum absolute atomic E-state index is 0.0198. The van der Waals surface area contributed by atoms with E-state index >= 15 is 0 Å². The molecule has 5 nitrogen and oxygen atoms in total. The number of carbonyl (C=O) groups is 2. The van der Waals surface area contributed by atoms with Crippen molar-refractivity contribution < 1.29 is 14.3 Å². The molecule has 0 saturated carbocycles. The third-order valence-electron chi connectivity index (χ3n) is 4.41. The van der Waals surface area contributed by atoms with Gasteiger partial charge in [0, 0.05) is 24.0 Å². The van der Waals surface area contributed by atoms with Gasteiger partial charge in [0.05, 0.1) is 6.61 Å². The van der Waals surface area contributed by atoms with E-state index in [-0.39, 0.29) is 17.9 Å². The Balaban J connectivity index is 1.95. The first-order valence-corrected chi connectivity index (χ1v) is 10.3. The van der Waals surface area contributed by atoms with Crippen molar-refractivity contribution in [2.45, 2.75) is 52.2 Å². The summed E-state index contributed by atoms with van der Waals surface area (Å²) in [5.74, 6) is 0.495. The van der Waals surface area contributed by atoms with Crippen LogP contribution in [0.25, 0.3) is 0 Å². The number of hydrogen-bond donors (Lipinski definition) is 1. The fourth-order valence-corrected chi connectivity index (χ4v) is 2.98. The molecule has 2 amide bonds. The average molecular weight is 417 g/mol. The van der Waals surface area contributed by atoms with Crippen molar-refractivity contribution in [3.63, 3.8) is 0 Å². The number of hydrogen-bond acceptors (Lipinski definition) is 3. The maximum atomic E-state index is 12.9. The van der Waals surface area contributed by atoms with Crippen molar-refractivity contribution >= 4 is 23.4 Å². The van der Waals surface area contributed by atoms with Crippen molar-refractivity contribution in [3.05, 3.63) is 65.2 Å². The summed E-state index contributed by atoms with van der Waals surface area (Å²) in [6.45, 7) is 6.39. The second-order valence-corrected chi connectivity index (χ2v) is 7.69. The summed E-state index contributed by atoms with van der Waals surface area (Å²) in [7, 11) is 0. The smallest absolute Gasteiger partial charge is 0.242 e. The SMILES string of the molecule is CC(C)NC(=O)[C@@H](C)N(Cc1ccccc1)C(=O)CCCOc1ccc(Cl)cc1. The summed E-state index contributed by atoms with van der Waals surface area (Å²) in [6, 6.07) is 16.3. The highest BCUT2D eigenvalue weighted by molar-refractivity contribution is 6.30. The van der Waals surface area contributed by atoms with Crippen molar-refractivity contribution in [2.24, 2.45) is 0 Å². The van der Waals surface area contributed by atoms with Crippen LogP contribution in [0, 0.1) is 0 Å². The molecule has 2 rings (SSSR count). The molecular weight excluding hydrogens is 388 g/mol. The zero-order valence-electron chi connectivity index (χ0n) is 17.2. The molecule has 29 heavy (non-hydrogen) atoms. The van der Waals surface area contributed by atoms with Gasteiger partial charge in [0.2, 0.25) is 11.8 Å². The lowest BCUT2D eigenvalue weighted by atomic mass is 10.1. The third-order valence-corrected chi connectivity index (χ3v) is 4.66. The topological polar surface area (TPSA) is 58.6 Å².